The molecule has 4 unspecified atom stereocenters. The number of allylic oxidation sites excluding steroid dienone is 2. The number of alkyl halides is 3. The fraction of sp³-hybridized carbons (Fsp3) is 0.818. The number of hydrogen-bond acceptors (Lipinski definition) is 0. The first-order chi connectivity index (χ1) is 6.48. The van der Waals surface area contributed by atoms with Crippen molar-refractivity contribution in [3.8, 4) is 0 Å². The van der Waals surface area contributed by atoms with E-state index in [9.17, 15) is 13.2 Å². The third-order valence-corrected chi connectivity index (χ3v) is 3.79. The summed E-state index contributed by atoms with van der Waals surface area (Å²) in [4.78, 5) is 0. The second kappa shape index (κ2) is 3.28. The molecule has 3 heteroatoms. The minimum Gasteiger partial charge on any atom is -0.171 e. The van der Waals surface area contributed by atoms with Crippen LogP contribution < -0.4 is 0 Å². The van der Waals surface area contributed by atoms with Crippen molar-refractivity contribution in [2.24, 2.45) is 23.7 Å². The first-order valence-corrected chi connectivity index (χ1v) is 5.22. The highest BCUT2D eigenvalue weighted by Gasteiger charge is 2.47. The molecule has 2 bridgehead atoms. The molecule has 80 valence electrons. The van der Waals surface area contributed by atoms with Gasteiger partial charge in [-0.1, -0.05) is 19.1 Å². The summed E-state index contributed by atoms with van der Waals surface area (Å²) in [5.41, 5.74) is 0. The standard InChI is InChI=1S/C11H15F3/c1-7(11(12,13)14)10-6-8-3-2-4-9(10)5-8/h2-3,7-10H,4-6H2,1H3. The molecule has 4 atom stereocenters. The number of halogens is 3. The second-order valence-corrected chi connectivity index (χ2v) is 4.65. The third kappa shape index (κ3) is 1.69. The molecule has 0 aromatic heterocycles. The van der Waals surface area contributed by atoms with Crippen LogP contribution in [-0.2, 0) is 0 Å². The van der Waals surface area contributed by atoms with Crippen molar-refractivity contribution in [1.29, 1.82) is 0 Å². The molecule has 1 saturated carbocycles. The molecule has 2 aliphatic carbocycles. The summed E-state index contributed by atoms with van der Waals surface area (Å²) in [6.45, 7) is 1.34. The van der Waals surface area contributed by atoms with Gasteiger partial charge in [-0.25, -0.2) is 0 Å². The highest BCUT2D eigenvalue weighted by molar-refractivity contribution is 5.04. The molecule has 0 aliphatic heterocycles. The van der Waals surface area contributed by atoms with Gasteiger partial charge in [-0.05, 0) is 37.0 Å². The van der Waals surface area contributed by atoms with E-state index in [0.717, 1.165) is 19.3 Å². The van der Waals surface area contributed by atoms with Gasteiger partial charge in [0, 0.05) is 0 Å². The van der Waals surface area contributed by atoms with Gasteiger partial charge in [-0.15, -0.1) is 0 Å². The summed E-state index contributed by atoms with van der Waals surface area (Å²) in [7, 11) is 0. The molecule has 1 fully saturated rings. The van der Waals surface area contributed by atoms with Gasteiger partial charge in [0.05, 0.1) is 5.92 Å². The van der Waals surface area contributed by atoms with Gasteiger partial charge < -0.3 is 0 Å². The molecule has 0 N–H and O–H groups in total. The van der Waals surface area contributed by atoms with Crippen LogP contribution in [0.5, 0.6) is 0 Å². The number of hydrogen-bond donors (Lipinski definition) is 0. The average molecular weight is 204 g/mol. The molecule has 0 nitrogen and oxygen atoms in total. The summed E-state index contributed by atoms with van der Waals surface area (Å²) < 4.78 is 37.6. The zero-order chi connectivity index (χ0) is 10.3. The minimum absolute atomic E-state index is 0.144. The lowest BCUT2D eigenvalue weighted by Gasteiger charge is -2.26. The van der Waals surface area contributed by atoms with Gasteiger partial charge in [0.1, 0.15) is 0 Å². The van der Waals surface area contributed by atoms with Crippen molar-refractivity contribution in [2.45, 2.75) is 32.4 Å². The van der Waals surface area contributed by atoms with Gasteiger partial charge >= 0.3 is 6.18 Å². The van der Waals surface area contributed by atoms with Crippen LogP contribution in [0.1, 0.15) is 26.2 Å². The van der Waals surface area contributed by atoms with E-state index in [2.05, 4.69) is 12.2 Å². The maximum atomic E-state index is 12.5. The monoisotopic (exact) mass is 204 g/mol. The van der Waals surface area contributed by atoms with Crippen LogP contribution in [0.15, 0.2) is 12.2 Å². The van der Waals surface area contributed by atoms with Gasteiger partial charge in [-0.2, -0.15) is 13.2 Å². The SMILES string of the molecule is CC(C1CC2C=CCC1C2)C(F)(F)F. The molecule has 0 saturated heterocycles. The first-order valence-electron chi connectivity index (χ1n) is 5.22. The Morgan fingerprint density at radius 2 is 2.00 bits per heavy atom. The Bertz CT molecular complexity index is 241. The fourth-order valence-corrected chi connectivity index (χ4v) is 2.93. The molecular weight excluding hydrogens is 189 g/mol. The van der Waals surface area contributed by atoms with Crippen molar-refractivity contribution in [1.82, 2.24) is 0 Å². The van der Waals surface area contributed by atoms with Gasteiger partial charge in [0.15, 0.2) is 0 Å². The summed E-state index contributed by atoms with van der Waals surface area (Å²) in [5, 5.41) is 0. The Kier molecular flexibility index (Phi) is 2.36. The smallest absolute Gasteiger partial charge is 0.171 e. The van der Waals surface area contributed by atoms with Crippen molar-refractivity contribution in [3.63, 3.8) is 0 Å². The molecule has 0 heterocycles. The molecule has 0 amide bonds. The van der Waals surface area contributed by atoms with Crippen LogP contribution in [0.2, 0.25) is 0 Å². The van der Waals surface area contributed by atoms with Crippen LogP contribution in [0.4, 0.5) is 13.2 Å². The number of fused-ring (bicyclic) bond motifs is 2. The van der Waals surface area contributed by atoms with E-state index in [-0.39, 0.29) is 11.8 Å². The molecule has 0 aromatic rings. The van der Waals surface area contributed by atoms with E-state index in [1.807, 2.05) is 0 Å². The Morgan fingerprint density at radius 1 is 1.29 bits per heavy atom. The molecule has 2 rings (SSSR count). The lowest BCUT2D eigenvalue weighted by Crippen LogP contribution is -2.29. The fourth-order valence-electron chi connectivity index (χ4n) is 2.93. The maximum Gasteiger partial charge on any atom is 0.391 e. The van der Waals surface area contributed by atoms with Crippen LogP contribution in [0.3, 0.4) is 0 Å². The molecule has 0 spiro atoms. The zero-order valence-corrected chi connectivity index (χ0v) is 8.22. The normalized spacial score (nSPS) is 38.7. The van der Waals surface area contributed by atoms with Gasteiger partial charge in [-0.3, -0.25) is 0 Å². The summed E-state index contributed by atoms with van der Waals surface area (Å²) in [6, 6.07) is 0. The Labute approximate surface area is 82.2 Å². The highest BCUT2D eigenvalue weighted by Crippen LogP contribution is 2.49. The third-order valence-electron chi connectivity index (χ3n) is 3.79. The zero-order valence-electron chi connectivity index (χ0n) is 8.22. The van der Waals surface area contributed by atoms with E-state index in [1.165, 1.54) is 6.92 Å². The van der Waals surface area contributed by atoms with Crippen molar-refractivity contribution < 1.29 is 13.2 Å². The predicted molar refractivity (Wildman–Crippen MR) is 48.7 cm³/mol. The molecule has 0 radical (unpaired) electrons. The van der Waals surface area contributed by atoms with Gasteiger partial charge in [0.25, 0.3) is 0 Å². The number of rotatable bonds is 1. The largest absolute Gasteiger partial charge is 0.391 e. The lowest BCUT2D eigenvalue weighted by molar-refractivity contribution is -0.186. The van der Waals surface area contributed by atoms with E-state index in [1.54, 1.807) is 0 Å². The predicted octanol–water partition coefficient (Wildman–Crippen LogP) is 3.79. The van der Waals surface area contributed by atoms with Crippen molar-refractivity contribution in [2.75, 3.05) is 0 Å². The van der Waals surface area contributed by atoms with Gasteiger partial charge in [0.2, 0.25) is 0 Å². The topological polar surface area (TPSA) is 0 Å². The van der Waals surface area contributed by atoms with E-state index in [0.29, 0.717) is 5.92 Å². The Hall–Kier alpha value is -0.470. The molecule has 0 aromatic carbocycles. The maximum absolute atomic E-state index is 12.5. The van der Waals surface area contributed by atoms with E-state index >= 15 is 0 Å². The Balaban J connectivity index is 2.07. The van der Waals surface area contributed by atoms with Crippen LogP contribution in [0.25, 0.3) is 0 Å². The van der Waals surface area contributed by atoms with Crippen molar-refractivity contribution in [3.05, 3.63) is 12.2 Å². The van der Waals surface area contributed by atoms with E-state index < -0.39 is 12.1 Å². The quantitative estimate of drug-likeness (QED) is 0.570. The Morgan fingerprint density at radius 3 is 2.57 bits per heavy atom. The highest BCUT2D eigenvalue weighted by atomic mass is 19.4. The molecular formula is C11H15F3. The summed E-state index contributed by atoms with van der Waals surface area (Å²) in [5.74, 6) is -0.572. The minimum atomic E-state index is -4.01. The molecule has 14 heavy (non-hydrogen) atoms. The summed E-state index contributed by atoms with van der Waals surface area (Å²) in [6.07, 6.45) is 2.70. The average Bonchev–Trinajstić information content (AvgIpc) is 2.39. The van der Waals surface area contributed by atoms with Crippen molar-refractivity contribution >= 4 is 0 Å². The second-order valence-electron chi connectivity index (χ2n) is 4.65. The molecule has 2 aliphatic rings. The van der Waals surface area contributed by atoms with Crippen LogP contribution in [-0.4, -0.2) is 6.18 Å². The van der Waals surface area contributed by atoms with Crippen LogP contribution in [0, 0.1) is 23.7 Å². The van der Waals surface area contributed by atoms with Crippen LogP contribution >= 0.6 is 0 Å². The first kappa shape index (κ1) is 10.1. The summed E-state index contributed by atoms with van der Waals surface area (Å²) >= 11 is 0. The lowest BCUT2D eigenvalue weighted by atomic mass is 9.83. The van der Waals surface area contributed by atoms with E-state index in [4.69, 9.17) is 0 Å².